The summed E-state index contributed by atoms with van der Waals surface area (Å²) >= 11 is 16.7. The van der Waals surface area contributed by atoms with E-state index >= 15 is 0 Å². The zero-order chi connectivity index (χ0) is 32.0. The van der Waals surface area contributed by atoms with Crippen molar-refractivity contribution in [2.24, 2.45) is 0 Å². The Bertz CT molecular complexity index is 1730. The van der Waals surface area contributed by atoms with Crippen LogP contribution in [0.25, 0.3) is 11.7 Å². The Morgan fingerprint density at radius 1 is 1.07 bits per heavy atom. The normalized spacial score (nSPS) is 11.0. The Balaban J connectivity index is 0.00000552. The second-order valence-corrected chi connectivity index (χ2v) is 11.6. The average Bonchev–Trinajstić information content (AvgIpc) is 3.28. The van der Waals surface area contributed by atoms with Gasteiger partial charge in [0.15, 0.2) is 11.4 Å². The number of benzene rings is 2. The molecule has 4 rings (SSSR count). The SMILES string of the molecule is Cc1nc2c(OCc3c(Cl)ccc(N(C)C(=O)CNC(=O)/C=C/c4ccc(NC(=O)CN(C)C)cc4)c3Cl)cccn2c1Br.Cl. The first-order valence-corrected chi connectivity index (χ1v) is 15.0. The number of amides is 3. The lowest BCUT2D eigenvalue weighted by Gasteiger charge is -2.21. The number of imidazole rings is 1. The van der Waals surface area contributed by atoms with Crippen molar-refractivity contribution in [2.75, 3.05) is 44.4 Å². The first-order chi connectivity index (χ1) is 20.9. The average molecular weight is 739 g/mol. The van der Waals surface area contributed by atoms with Crippen LogP contribution in [0.2, 0.25) is 10.0 Å². The van der Waals surface area contributed by atoms with Gasteiger partial charge in [-0.05, 0) is 85.0 Å². The van der Waals surface area contributed by atoms with Crippen LogP contribution in [0.5, 0.6) is 5.75 Å². The number of carbonyl (C=O) groups excluding carboxylic acids is 3. The van der Waals surface area contributed by atoms with Crippen molar-refractivity contribution < 1.29 is 19.1 Å². The number of fused-ring (bicyclic) bond motifs is 1. The molecule has 0 bridgehead atoms. The summed E-state index contributed by atoms with van der Waals surface area (Å²) in [4.78, 5) is 44.9. The summed E-state index contributed by atoms with van der Waals surface area (Å²) in [5.41, 5.74) is 3.78. The predicted molar refractivity (Wildman–Crippen MR) is 185 cm³/mol. The summed E-state index contributed by atoms with van der Waals surface area (Å²) in [6.07, 6.45) is 4.81. The molecule has 2 N–H and O–H groups in total. The molecule has 2 aromatic carbocycles. The van der Waals surface area contributed by atoms with E-state index in [1.165, 1.54) is 11.0 Å². The van der Waals surface area contributed by atoms with Crippen LogP contribution in [-0.2, 0) is 21.0 Å². The van der Waals surface area contributed by atoms with Crippen molar-refractivity contribution >= 4 is 92.4 Å². The van der Waals surface area contributed by atoms with Gasteiger partial charge < -0.3 is 25.2 Å². The lowest BCUT2D eigenvalue weighted by molar-refractivity contribution is -0.122. The van der Waals surface area contributed by atoms with E-state index in [1.54, 1.807) is 60.5 Å². The highest BCUT2D eigenvalue weighted by molar-refractivity contribution is 9.10. The molecule has 45 heavy (non-hydrogen) atoms. The van der Waals surface area contributed by atoms with Gasteiger partial charge in [0, 0.05) is 35.6 Å². The van der Waals surface area contributed by atoms with Crippen molar-refractivity contribution in [3.05, 3.63) is 92.3 Å². The van der Waals surface area contributed by atoms with Crippen molar-refractivity contribution in [1.29, 1.82) is 0 Å². The molecule has 0 radical (unpaired) electrons. The number of anilines is 2. The van der Waals surface area contributed by atoms with Crippen molar-refractivity contribution in [2.45, 2.75) is 13.5 Å². The third kappa shape index (κ3) is 9.21. The quantitative estimate of drug-likeness (QED) is 0.183. The summed E-state index contributed by atoms with van der Waals surface area (Å²) in [6, 6.07) is 14.0. The Hall–Kier alpha value is -3.61. The number of likely N-dealkylation sites (N-methyl/N-ethyl adjacent to an activating group) is 2. The highest BCUT2D eigenvalue weighted by Gasteiger charge is 2.20. The van der Waals surface area contributed by atoms with E-state index in [-0.39, 0.29) is 48.9 Å². The second kappa shape index (κ2) is 16.1. The minimum Gasteiger partial charge on any atom is -0.485 e. The second-order valence-electron chi connectivity index (χ2n) is 10.1. The number of rotatable bonds is 11. The number of nitrogens with zero attached hydrogens (tertiary/aromatic N) is 4. The first kappa shape index (κ1) is 35.9. The molecule has 0 aliphatic rings. The van der Waals surface area contributed by atoms with E-state index in [1.807, 2.05) is 37.7 Å². The summed E-state index contributed by atoms with van der Waals surface area (Å²) in [6.45, 7) is 1.95. The summed E-state index contributed by atoms with van der Waals surface area (Å²) in [7, 11) is 5.19. The molecule has 4 aromatic rings. The van der Waals surface area contributed by atoms with Crippen LogP contribution >= 0.6 is 51.5 Å². The minimum atomic E-state index is -0.443. The van der Waals surface area contributed by atoms with Crippen LogP contribution in [0.1, 0.15) is 16.8 Å². The molecule has 0 saturated heterocycles. The number of hydrogen-bond acceptors (Lipinski definition) is 6. The Kier molecular flexibility index (Phi) is 12.8. The number of hydrogen-bond donors (Lipinski definition) is 2. The summed E-state index contributed by atoms with van der Waals surface area (Å²) in [5.74, 6) is -0.407. The van der Waals surface area contributed by atoms with E-state index in [2.05, 4.69) is 31.5 Å². The standard InChI is InChI=1S/C31H31BrCl2N6O4.ClH/c1-19-30(32)40-15-5-6-25(31(40)36-19)44-18-22-23(33)12-13-24(29(22)34)39(4)28(43)16-35-26(41)14-9-20-7-10-21(11-8-20)37-27(42)17-38(2)3;/h5-15H,16-18H2,1-4H3,(H,35,41)(H,37,42);1H/b14-9+;. The van der Waals surface area contributed by atoms with Gasteiger partial charge in [-0.1, -0.05) is 35.3 Å². The number of aromatic nitrogens is 2. The molecule has 3 amide bonds. The molecule has 238 valence electrons. The molecule has 0 unspecified atom stereocenters. The van der Waals surface area contributed by atoms with Gasteiger partial charge >= 0.3 is 0 Å². The lowest BCUT2D eigenvalue weighted by atomic mass is 10.2. The topological polar surface area (TPSA) is 108 Å². The van der Waals surface area contributed by atoms with Crippen molar-refractivity contribution in [1.82, 2.24) is 19.6 Å². The van der Waals surface area contributed by atoms with Gasteiger partial charge in [-0.2, -0.15) is 0 Å². The molecule has 2 aromatic heterocycles. The molecule has 0 spiro atoms. The Morgan fingerprint density at radius 3 is 2.47 bits per heavy atom. The van der Waals surface area contributed by atoms with Crippen LogP contribution in [0.3, 0.4) is 0 Å². The largest absolute Gasteiger partial charge is 0.485 e. The molecule has 0 saturated carbocycles. The monoisotopic (exact) mass is 736 g/mol. The number of halogens is 4. The van der Waals surface area contributed by atoms with Crippen molar-refractivity contribution in [3.63, 3.8) is 0 Å². The van der Waals surface area contributed by atoms with Gasteiger partial charge in [-0.3, -0.25) is 18.8 Å². The van der Waals surface area contributed by atoms with E-state index in [4.69, 9.17) is 27.9 Å². The van der Waals surface area contributed by atoms with E-state index in [9.17, 15) is 14.4 Å². The number of pyridine rings is 1. The van der Waals surface area contributed by atoms with Crippen LogP contribution < -0.4 is 20.3 Å². The third-order valence-corrected chi connectivity index (χ3v) is 8.22. The number of nitrogens with one attached hydrogen (secondary N) is 2. The van der Waals surface area contributed by atoms with Gasteiger partial charge in [0.1, 0.15) is 11.2 Å². The smallest absolute Gasteiger partial charge is 0.246 e. The van der Waals surface area contributed by atoms with Crippen LogP contribution in [0.15, 0.2) is 65.4 Å². The van der Waals surface area contributed by atoms with Crippen LogP contribution in [0, 0.1) is 6.92 Å². The fourth-order valence-corrected chi connectivity index (χ4v) is 5.16. The maximum absolute atomic E-state index is 12.9. The highest BCUT2D eigenvalue weighted by Crippen LogP contribution is 2.35. The first-order valence-electron chi connectivity index (χ1n) is 13.4. The third-order valence-electron chi connectivity index (χ3n) is 6.48. The summed E-state index contributed by atoms with van der Waals surface area (Å²) in [5, 5.41) is 6.03. The van der Waals surface area contributed by atoms with Gasteiger partial charge in [0.05, 0.1) is 29.5 Å². The molecule has 0 aliphatic carbocycles. The predicted octanol–water partition coefficient (Wildman–Crippen LogP) is 6.01. The van der Waals surface area contributed by atoms with Gasteiger partial charge in [0.25, 0.3) is 0 Å². The fraction of sp³-hybridized carbons (Fsp3) is 0.226. The van der Waals surface area contributed by atoms with Crippen LogP contribution in [0.4, 0.5) is 11.4 Å². The van der Waals surface area contributed by atoms with Crippen molar-refractivity contribution in [3.8, 4) is 5.75 Å². The van der Waals surface area contributed by atoms with E-state index in [0.717, 1.165) is 15.9 Å². The van der Waals surface area contributed by atoms with Gasteiger partial charge in [0.2, 0.25) is 17.7 Å². The zero-order valence-corrected chi connectivity index (χ0v) is 28.9. The zero-order valence-electron chi connectivity index (χ0n) is 24.9. The van der Waals surface area contributed by atoms with Gasteiger partial charge in [-0.15, -0.1) is 12.4 Å². The highest BCUT2D eigenvalue weighted by atomic mass is 79.9. The molecular formula is C31H32BrCl3N6O4. The fourth-order valence-electron chi connectivity index (χ4n) is 4.18. The maximum Gasteiger partial charge on any atom is 0.246 e. The number of ether oxygens (including phenoxy) is 1. The molecule has 0 atom stereocenters. The molecule has 14 heteroatoms. The van der Waals surface area contributed by atoms with E-state index < -0.39 is 5.91 Å². The Labute approximate surface area is 285 Å². The minimum absolute atomic E-state index is 0. The van der Waals surface area contributed by atoms with E-state index in [0.29, 0.717) is 33.4 Å². The summed E-state index contributed by atoms with van der Waals surface area (Å²) < 4.78 is 8.74. The van der Waals surface area contributed by atoms with Crippen LogP contribution in [-0.4, -0.2) is 66.2 Å². The molecule has 0 fully saturated rings. The molecule has 10 nitrogen and oxygen atoms in total. The number of aryl methyl sites for hydroxylation is 1. The molecular weight excluding hydrogens is 707 g/mol. The molecule has 0 aliphatic heterocycles. The maximum atomic E-state index is 12.9. The lowest BCUT2D eigenvalue weighted by Crippen LogP contribution is -2.37. The Morgan fingerprint density at radius 2 is 1.78 bits per heavy atom. The molecule has 2 heterocycles. The number of carbonyl (C=O) groups is 3. The van der Waals surface area contributed by atoms with Gasteiger partial charge in [-0.25, -0.2) is 4.98 Å².